The second kappa shape index (κ2) is 5.77. The summed E-state index contributed by atoms with van der Waals surface area (Å²) in [5.74, 6) is 1.24. The van der Waals surface area contributed by atoms with Crippen LogP contribution in [0.15, 0.2) is 18.2 Å². The molecule has 4 nitrogen and oxygen atoms in total. The quantitative estimate of drug-likeness (QED) is 0.892. The fraction of sp³-hybridized carbons (Fsp3) is 0.400. The van der Waals surface area contributed by atoms with E-state index in [1.165, 1.54) is 11.3 Å². The molecule has 1 aliphatic heterocycles. The molecule has 1 fully saturated rings. The van der Waals surface area contributed by atoms with Crippen molar-refractivity contribution in [1.29, 1.82) is 0 Å². The highest BCUT2D eigenvalue weighted by atomic mass is 32.2. The van der Waals surface area contributed by atoms with Crippen LogP contribution >= 0.6 is 11.3 Å². The van der Waals surface area contributed by atoms with Gasteiger partial charge in [-0.05, 0) is 31.4 Å². The van der Waals surface area contributed by atoms with Crippen molar-refractivity contribution in [2.45, 2.75) is 25.8 Å². The van der Waals surface area contributed by atoms with Crippen molar-refractivity contribution in [1.82, 2.24) is 5.32 Å². The van der Waals surface area contributed by atoms with Gasteiger partial charge in [0.05, 0.1) is 5.69 Å². The number of hydrogen-bond donors (Lipinski definition) is 2. The van der Waals surface area contributed by atoms with Crippen molar-refractivity contribution in [2.24, 2.45) is 0 Å². The Labute approximate surface area is 130 Å². The first-order chi connectivity index (χ1) is 10.0. The van der Waals surface area contributed by atoms with Gasteiger partial charge in [-0.1, -0.05) is 12.1 Å². The molecule has 0 radical (unpaired) electrons. The lowest BCUT2D eigenvalue weighted by Gasteiger charge is -2.22. The van der Waals surface area contributed by atoms with Crippen molar-refractivity contribution < 1.29 is 9.00 Å². The van der Waals surface area contributed by atoms with Gasteiger partial charge in [0.15, 0.2) is 0 Å². The molecule has 112 valence electrons. The molecule has 6 heteroatoms. The number of hydrogen-bond acceptors (Lipinski definition) is 4. The van der Waals surface area contributed by atoms with Gasteiger partial charge in [-0.25, -0.2) is 0 Å². The van der Waals surface area contributed by atoms with Gasteiger partial charge in [-0.2, -0.15) is 0 Å². The Morgan fingerprint density at radius 2 is 2.10 bits per heavy atom. The van der Waals surface area contributed by atoms with E-state index in [1.54, 1.807) is 0 Å². The molecule has 0 bridgehead atoms. The fourth-order valence-corrected chi connectivity index (χ4v) is 5.00. The van der Waals surface area contributed by atoms with Crippen LogP contribution in [0.1, 0.15) is 28.1 Å². The van der Waals surface area contributed by atoms with E-state index in [1.807, 2.05) is 19.1 Å². The monoisotopic (exact) mass is 322 g/mol. The molecular formula is C15H18N2O2S2. The average Bonchev–Trinajstić information content (AvgIpc) is 2.78. The maximum absolute atomic E-state index is 12.4. The first kappa shape index (κ1) is 14.5. The standard InChI is InChI=1S/C15H18N2O2S2/c1-9-2-3-11-12(8-9)20-14(13(11)16)15(18)17-10-4-6-21(19)7-5-10/h2-3,8,10H,4-7,16H2,1H3,(H,17,18). The molecule has 21 heavy (non-hydrogen) atoms. The number of thiophene rings is 1. The highest BCUT2D eigenvalue weighted by molar-refractivity contribution is 7.85. The van der Waals surface area contributed by atoms with Crippen molar-refractivity contribution in [2.75, 3.05) is 17.2 Å². The number of nitrogens with one attached hydrogen (secondary N) is 1. The van der Waals surface area contributed by atoms with Gasteiger partial charge in [0.1, 0.15) is 4.88 Å². The molecule has 0 aliphatic carbocycles. The summed E-state index contributed by atoms with van der Waals surface area (Å²) in [7, 11) is -0.713. The Kier molecular flexibility index (Phi) is 3.99. The summed E-state index contributed by atoms with van der Waals surface area (Å²) in [6.07, 6.45) is 1.56. The second-order valence-electron chi connectivity index (χ2n) is 5.44. The maximum Gasteiger partial charge on any atom is 0.263 e. The van der Waals surface area contributed by atoms with Crippen LogP contribution in [0, 0.1) is 6.92 Å². The van der Waals surface area contributed by atoms with Gasteiger partial charge in [-0.3, -0.25) is 9.00 Å². The Morgan fingerprint density at radius 3 is 2.81 bits per heavy atom. The van der Waals surface area contributed by atoms with Crippen LogP contribution in [0.4, 0.5) is 5.69 Å². The SMILES string of the molecule is Cc1ccc2c(N)c(C(=O)NC3CCS(=O)CC3)sc2c1. The predicted octanol–water partition coefficient (Wildman–Crippen LogP) is 2.43. The van der Waals surface area contributed by atoms with E-state index in [0.717, 1.165) is 28.5 Å². The third-order valence-electron chi connectivity index (χ3n) is 3.81. The Morgan fingerprint density at radius 1 is 1.38 bits per heavy atom. The number of rotatable bonds is 2. The molecule has 0 spiro atoms. The Bertz CT molecular complexity index is 714. The van der Waals surface area contributed by atoms with Gasteiger partial charge in [0.25, 0.3) is 5.91 Å². The molecule has 2 heterocycles. The second-order valence-corrected chi connectivity index (χ2v) is 8.19. The summed E-state index contributed by atoms with van der Waals surface area (Å²) in [5.41, 5.74) is 7.84. The molecule has 0 unspecified atom stereocenters. The minimum Gasteiger partial charge on any atom is -0.397 e. The first-order valence-electron chi connectivity index (χ1n) is 6.99. The summed E-state index contributed by atoms with van der Waals surface area (Å²) < 4.78 is 12.4. The molecule has 0 atom stereocenters. The molecule has 0 saturated carbocycles. The topological polar surface area (TPSA) is 72.2 Å². The molecule has 2 aromatic rings. The molecule has 1 saturated heterocycles. The summed E-state index contributed by atoms with van der Waals surface area (Å²) in [6.45, 7) is 2.03. The van der Waals surface area contributed by atoms with E-state index in [-0.39, 0.29) is 11.9 Å². The van der Waals surface area contributed by atoms with Crippen LogP contribution in [0.25, 0.3) is 10.1 Å². The zero-order valence-electron chi connectivity index (χ0n) is 11.8. The van der Waals surface area contributed by atoms with Gasteiger partial charge in [0.2, 0.25) is 0 Å². The van der Waals surface area contributed by atoms with Crippen molar-refractivity contribution in [3.8, 4) is 0 Å². The third-order valence-corrected chi connectivity index (χ3v) is 6.36. The van der Waals surface area contributed by atoms with Gasteiger partial charge in [0, 0.05) is 38.4 Å². The number of anilines is 1. The molecule has 1 aromatic carbocycles. The van der Waals surface area contributed by atoms with E-state index in [4.69, 9.17) is 5.73 Å². The minimum atomic E-state index is -0.713. The summed E-state index contributed by atoms with van der Waals surface area (Å²) in [4.78, 5) is 13.0. The number of aryl methyl sites for hydroxylation is 1. The lowest BCUT2D eigenvalue weighted by molar-refractivity contribution is 0.0939. The number of fused-ring (bicyclic) bond motifs is 1. The maximum atomic E-state index is 12.4. The van der Waals surface area contributed by atoms with Crippen LogP contribution < -0.4 is 11.1 Å². The average molecular weight is 322 g/mol. The predicted molar refractivity (Wildman–Crippen MR) is 89.3 cm³/mol. The van der Waals surface area contributed by atoms with E-state index < -0.39 is 10.8 Å². The summed E-state index contributed by atoms with van der Waals surface area (Å²) in [6, 6.07) is 6.14. The highest BCUT2D eigenvalue weighted by Crippen LogP contribution is 2.34. The van der Waals surface area contributed by atoms with Crippen LogP contribution in [0.3, 0.4) is 0 Å². The number of amides is 1. The van der Waals surface area contributed by atoms with E-state index in [2.05, 4.69) is 11.4 Å². The Hall–Kier alpha value is -1.40. The van der Waals surface area contributed by atoms with Gasteiger partial charge in [-0.15, -0.1) is 11.3 Å². The largest absolute Gasteiger partial charge is 0.397 e. The van der Waals surface area contributed by atoms with Crippen molar-refractivity contribution in [3.05, 3.63) is 28.6 Å². The number of nitrogen functional groups attached to an aromatic ring is 1. The number of carbonyl (C=O) groups is 1. The van der Waals surface area contributed by atoms with Crippen LogP contribution in [-0.2, 0) is 10.8 Å². The van der Waals surface area contributed by atoms with Gasteiger partial charge >= 0.3 is 0 Å². The minimum absolute atomic E-state index is 0.107. The highest BCUT2D eigenvalue weighted by Gasteiger charge is 2.22. The number of carbonyl (C=O) groups excluding carboxylic acids is 1. The van der Waals surface area contributed by atoms with E-state index in [9.17, 15) is 9.00 Å². The summed E-state index contributed by atoms with van der Waals surface area (Å²) in [5, 5.41) is 3.97. The smallest absolute Gasteiger partial charge is 0.263 e. The molecule has 3 N–H and O–H groups in total. The van der Waals surface area contributed by atoms with Gasteiger partial charge < -0.3 is 11.1 Å². The first-order valence-corrected chi connectivity index (χ1v) is 9.29. The van der Waals surface area contributed by atoms with Crippen LogP contribution in [-0.4, -0.2) is 27.7 Å². The zero-order chi connectivity index (χ0) is 15.0. The summed E-state index contributed by atoms with van der Waals surface area (Å²) >= 11 is 1.44. The number of nitrogens with two attached hydrogens (primary N) is 1. The van der Waals surface area contributed by atoms with Crippen molar-refractivity contribution in [3.63, 3.8) is 0 Å². The molecule has 1 amide bonds. The van der Waals surface area contributed by atoms with Crippen molar-refractivity contribution >= 4 is 43.8 Å². The number of benzene rings is 1. The van der Waals surface area contributed by atoms with E-state index >= 15 is 0 Å². The lowest BCUT2D eigenvalue weighted by atomic mass is 10.1. The third kappa shape index (κ3) is 2.96. The lowest BCUT2D eigenvalue weighted by Crippen LogP contribution is -2.39. The van der Waals surface area contributed by atoms with Crippen LogP contribution in [0.2, 0.25) is 0 Å². The Balaban J connectivity index is 1.81. The zero-order valence-corrected chi connectivity index (χ0v) is 13.5. The normalized spacial score (nSPS) is 22.3. The van der Waals surface area contributed by atoms with Crippen LogP contribution in [0.5, 0.6) is 0 Å². The fourth-order valence-electron chi connectivity index (χ4n) is 2.58. The molecule has 1 aliphatic rings. The van der Waals surface area contributed by atoms with E-state index in [0.29, 0.717) is 22.1 Å². The molecule has 3 rings (SSSR count). The molecule has 1 aromatic heterocycles. The molecular weight excluding hydrogens is 304 g/mol.